The summed E-state index contributed by atoms with van der Waals surface area (Å²) in [5.74, 6) is -0.465. The van der Waals surface area contributed by atoms with Crippen LogP contribution in [0.15, 0.2) is 27.4 Å². The van der Waals surface area contributed by atoms with E-state index in [9.17, 15) is 9.59 Å². The van der Waals surface area contributed by atoms with E-state index in [-0.39, 0.29) is 5.78 Å². The van der Waals surface area contributed by atoms with Crippen LogP contribution in [0.2, 0.25) is 0 Å². The fraction of sp³-hybridized carbons (Fsp3) is 0.273. The van der Waals surface area contributed by atoms with Crippen LogP contribution in [0.3, 0.4) is 0 Å². The van der Waals surface area contributed by atoms with Gasteiger partial charge >= 0.3 is 5.76 Å². The van der Waals surface area contributed by atoms with Gasteiger partial charge in [-0.05, 0) is 25.2 Å². The maximum Gasteiger partial charge on any atom is 0.417 e. The van der Waals surface area contributed by atoms with Crippen LogP contribution in [0, 0.1) is 0 Å². The van der Waals surface area contributed by atoms with Gasteiger partial charge in [0, 0.05) is 18.5 Å². The van der Waals surface area contributed by atoms with Crippen molar-refractivity contribution in [3.8, 4) is 0 Å². The van der Waals surface area contributed by atoms with Crippen molar-refractivity contribution in [3.63, 3.8) is 0 Å². The topological polar surface area (TPSA) is 75.1 Å². The summed E-state index contributed by atoms with van der Waals surface area (Å²) in [5.41, 5.74) is 1.61. The molecule has 0 aliphatic rings. The maximum atomic E-state index is 11.7. The molecule has 0 bridgehead atoms. The number of carbonyl (C=O) groups excluding carboxylic acids is 1. The third-order valence-electron chi connectivity index (χ3n) is 2.34. The first-order valence-corrected chi connectivity index (χ1v) is 5.01. The number of Topliss-reactive ketones (excluding diaryl/α,β-unsaturated/α-hetero) is 1. The fourth-order valence-corrected chi connectivity index (χ4v) is 1.51. The molecular weight excluding hydrogens is 208 g/mol. The molecule has 5 heteroatoms. The van der Waals surface area contributed by atoms with Crippen molar-refractivity contribution >= 4 is 16.9 Å². The van der Waals surface area contributed by atoms with E-state index in [1.54, 1.807) is 25.2 Å². The van der Waals surface area contributed by atoms with Crippen LogP contribution in [0.5, 0.6) is 0 Å². The summed E-state index contributed by atoms with van der Waals surface area (Å²) in [6.07, 6.45) is 0.435. The second kappa shape index (κ2) is 4.32. The lowest BCUT2D eigenvalue weighted by molar-refractivity contribution is 0.0983. The van der Waals surface area contributed by atoms with Crippen molar-refractivity contribution in [2.75, 3.05) is 13.6 Å². The predicted molar refractivity (Wildman–Crippen MR) is 59.7 cm³/mol. The SMILES string of the molecule is CNCCC(=O)c1ccc2oc(=O)[nH]c2c1. The van der Waals surface area contributed by atoms with Crippen molar-refractivity contribution < 1.29 is 9.21 Å². The van der Waals surface area contributed by atoms with Gasteiger partial charge in [-0.2, -0.15) is 0 Å². The molecule has 0 aliphatic carbocycles. The van der Waals surface area contributed by atoms with Crippen LogP contribution in [0.25, 0.3) is 11.1 Å². The van der Waals surface area contributed by atoms with E-state index in [1.807, 2.05) is 0 Å². The molecule has 5 nitrogen and oxygen atoms in total. The molecule has 0 unspecified atom stereocenters. The van der Waals surface area contributed by atoms with Crippen molar-refractivity contribution in [1.82, 2.24) is 10.3 Å². The zero-order valence-corrected chi connectivity index (χ0v) is 8.87. The highest BCUT2D eigenvalue weighted by Crippen LogP contribution is 2.13. The summed E-state index contributed by atoms with van der Waals surface area (Å²) < 4.78 is 4.85. The summed E-state index contributed by atoms with van der Waals surface area (Å²) in [6, 6.07) is 4.93. The Labute approximate surface area is 91.5 Å². The number of oxazole rings is 1. The fourth-order valence-electron chi connectivity index (χ4n) is 1.51. The number of aromatic nitrogens is 1. The second-order valence-electron chi connectivity index (χ2n) is 3.50. The number of ketones is 1. The zero-order valence-electron chi connectivity index (χ0n) is 8.87. The van der Waals surface area contributed by atoms with Crippen molar-refractivity contribution in [1.29, 1.82) is 0 Å². The number of nitrogens with one attached hydrogen (secondary N) is 2. The number of rotatable bonds is 4. The normalized spacial score (nSPS) is 10.8. The molecule has 2 rings (SSSR count). The minimum atomic E-state index is -0.505. The number of hydrogen-bond donors (Lipinski definition) is 2. The molecular formula is C11H12N2O3. The zero-order chi connectivity index (χ0) is 11.5. The maximum absolute atomic E-state index is 11.7. The summed E-state index contributed by atoms with van der Waals surface area (Å²) in [6.45, 7) is 0.638. The number of carbonyl (C=O) groups is 1. The Kier molecular flexibility index (Phi) is 2.87. The van der Waals surface area contributed by atoms with Crippen molar-refractivity contribution in [2.45, 2.75) is 6.42 Å². The molecule has 16 heavy (non-hydrogen) atoms. The summed E-state index contributed by atoms with van der Waals surface area (Å²) >= 11 is 0. The van der Waals surface area contributed by atoms with Crippen molar-refractivity contribution in [3.05, 3.63) is 34.3 Å². The Morgan fingerprint density at radius 2 is 2.31 bits per heavy atom. The van der Waals surface area contributed by atoms with Gasteiger partial charge in [0.1, 0.15) is 0 Å². The van der Waals surface area contributed by atoms with Crippen LogP contribution in [0.4, 0.5) is 0 Å². The van der Waals surface area contributed by atoms with Gasteiger partial charge in [-0.15, -0.1) is 0 Å². The summed E-state index contributed by atoms with van der Waals surface area (Å²) in [4.78, 5) is 25.1. The van der Waals surface area contributed by atoms with Crippen LogP contribution in [-0.2, 0) is 0 Å². The third kappa shape index (κ3) is 2.04. The lowest BCUT2D eigenvalue weighted by Gasteiger charge is -1.99. The molecule has 0 fully saturated rings. The van der Waals surface area contributed by atoms with Crippen LogP contribution >= 0.6 is 0 Å². The first kappa shape index (κ1) is 10.6. The molecule has 0 radical (unpaired) electrons. The number of hydrogen-bond acceptors (Lipinski definition) is 4. The average molecular weight is 220 g/mol. The average Bonchev–Trinajstić information content (AvgIpc) is 2.64. The minimum Gasteiger partial charge on any atom is -0.408 e. The van der Waals surface area contributed by atoms with Gasteiger partial charge in [-0.25, -0.2) is 4.79 Å². The van der Waals surface area contributed by atoms with Gasteiger partial charge in [0.2, 0.25) is 0 Å². The molecule has 2 aromatic rings. The molecule has 2 N–H and O–H groups in total. The van der Waals surface area contributed by atoms with E-state index >= 15 is 0 Å². The van der Waals surface area contributed by atoms with Gasteiger partial charge in [0.15, 0.2) is 11.4 Å². The first-order chi connectivity index (χ1) is 7.70. The number of fused-ring (bicyclic) bond motifs is 1. The van der Waals surface area contributed by atoms with E-state index < -0.39 is 5.76 Å². The third-order valence-corrected chi connectivity index (χ3v) is 2.34. The van der Waals surface area contributed by atoms with E-state index in [1.165, 1.54) is 0 Å². The minimum absolute atomic E-state index is 0.0401. The van der Waals surface area contributed by atoms with Gasteiger partial charge in [-0.1, -0.05) is 0 Å². The Hall–Kier alpha value is -1.88. The molecule has 1 aromatic carbocycles. The van der Waals surface area contributed by atoms with Crippen LogP contribution in [-0.4, -0.2) is 24.4 Å². The van der Waals surface area contributed by atoms with E-state index in [2.05, 4.69) is 10.3 Å². The number of aromatic amines is 1. The Morgan fingerprint density at radius 1 is 1.50 bits per heavy atom. The molecule has 0 amide bonds. The van der Waals surface area contributed by atoms with Gasteiger partial charge < -0.3 is 9.73 Å². The smallest absolute Gasteiger partial charge is 0.408 e. The number of H-pyrrole nitrogens is 1. The molecule has 1 heterocycles. The summed E-state index contributed by atoms with van der Waals surface area (Å²) in [5, 5.41) is 2.91. The lowest BCUT2D eigenvalue weighted by Crippen LogP contribution is -2.12. The van der Waals surface area contributed by atoms with Crippen LogP contribution < -0.4 is 11.1 Å². The molecule has 0 saturated heterocycles. The van der Waals surface area contributed by atoms with Gasteiger partial charge in [0.05, 0.1) is 5.52 Å². The highest BCUT2D eigenvalue weighted by atomic mass is 16.4. The van der Waals surface area contributed by atoms with Gasteiger partial charge in [-0.3, -0.25) is 9.78 Å². The first-order valence-electron chi connectivity index (χ1n) is 5.01. The highest BCUT2D eigenvalue weighted by Gasteiger charge is 2.08. The summed E-state index contributed by atoms with van der Waals surface area (Å²) in [7, 11) is 1.80. The molecule has 0 atom stereocenters. The Bertz CT molecular complexity index is 568. The molecule has 1 aromatic heterocycles. The van der Waals surface area contributed by atoms with E-state index in [0.717, 1.165) is 0 Å². The molecule has 84 valence electrons. The quantitative estimate of drug-likeness (QED) is 0.751. The Balaban J connectivity index is 2.31. The monoisotopic (exact) mass is 220 g/mol. The highest BCUT2D eigenvalue weighted by molar-refractivity contribution is 5.98. The van der Waals surface area contributed by atoms with E-state index in [0.29, 0.717) is 29.6 Å². The van der Waals surface area contributed by atoms with E-state index in [4.69, 9.17) is 4.42 Å². The van der Waals surface area contributed by atoms with Gasteiger partial charge in [0.25, 0.3) is 0 Å². The second-order valence-corrected chi connectivity index (χ2v) is 3.50. The molecule has 0 aliphatic heterocycles. The van der Waals surface area contributed by atoms with Crippen LogP contribution in [0.1, 0.15) is 16.8 Å². The lowest BCUT2D eigenvalue weighted by atomic mass is 10.1. The molecule has 0 spiro atoms. The molecule has 0 saturated carbocycles. The number of benzene rings is 1. The largest absolute Gasteiger partial charge is 0.417 e. The predicted octanol–water partition coefficient (Wildman–Crippen LogP) is 0.913. The standard InChI is InChI=1S/C11H12N2O3/c1-12-5-4-9(14)7-2-3-10-8(6-7)13-11(15)16-10/h2-3,6,12H,4-5H2,1H3,(H,13,15). The van der Waals surface area contributed by atoms with Crippen molar-refractivity contribution in [2.24, 2.45) is 0 Å². The Morgan fingerprint density at radius 3 is 3.06 bits per heavy atom.